The molecule has 1 fully saturated rings. The maximum absolute atomic E-state index is 5.36. The van der Waals surface area contributed by atoms with Crippen LogP contribution in [0.15, 0.2) is 29.3 Å². The van der Waals surface area contributed by atoms with E-state index in [0.717, 1.165) is 55.6 Å². The average molecular weight is 341 g/mol. The Kier molecular flexibility index (Phi) is 4.35. The van der Waals surface area contributed by atoms with Gasteiger partial charge in [0, 0.05) is 38.0 Å². The summed E-state index contributed by atoms with van der Waals surface area (Å²) < 4.78 is 9.50. The van der Waals surface area contributed by atoms with Gasteiger partial charge in [-0.15, -0.1) is 10.2 Å². The summed E-state index contributed by atoms with van der Waals surface area (Å²) in [5.74, 6) is 3.34. The van der Waals surface area contributed by atoms with Gasteiger partial charge in [-0.2, -0.15) is 0 Å². The lowest BCUT2D eigenvalue weighted by molar-refractivity contribution is 0.176. The van der Waals surface area contributed by atoms with Crippen LogP contribution >= 0.6 is 0 Å². The minimum Gasteiger partial charge on any atom is -0.360 e. The Labute approximate surface area is 146 Å². The highest BCUT2D eigenvalue weighted by Gasteiger charge is 2.26. The second kappa shape index (κ2) is 6.79. The molecule has 1 atom stereocenters. The molecule has 3 aromatic heterocycles. The van der Waals surface area contributed by atoms with Gasteiger partial charge >= 0.3 is 0 Å². The Balaban J connectivity index is 1.45. The molecule has 0 unspecified atom stereocenters. The van der Waals surface area contributed by atoms with Crippen molar-refractivity contribution in [2.75, 3.05) is 13.1 Å². The van der Waals surface area contributed by atoms with E-state index in [9.17, 15) is 0 Å². The van der Waals surface area contributed by atoms with Crippen LogP contribution in [0, 0.1) is 6.92 Å². The highest BCUT2D eigenvalue weighted by molar-refractivity contribution is 5.06. The molecule has 1 aliphatic rings. The van der Waals surface area contributed by atoms with Crippen LogP contribution in [-0.4, -0.2) is 47.5 Å². The van der Waals surface area contributed by atoms with Crippen LogP contribution in [0.5, 0.6) is 0 Å². The van der Waals surface area contributed by atoms with E-state index in [1.165, 1.54) is 0 Å². The molecule has 0 aromatic carbocycles. The van der Waals surface area contributed by atoms with Gasteiger partial charge in [-0.25, -0.2) is 4.98 Å². The molecule has 1 aliphatic heterocycles. The predicted molar refractivity (Wildman–Crippen MR) is 90.8 cm³/mol. The van der Waals surface area contributed by atoms with Crippen LogP contribution in [0.1, 0.15) is 41.9 Å². The zero-order valence-corrected chi connectivity index (χ0v) is 14.7. The topological polar surface area (TPSA) is 77.8 Å². The Hall–Kier alpha value is -2.48. The van der Waals surface area contributed by atoms with Gasteiger partial charge in [-0.05, 0) is 26.3 Å². The van der Waals surface area contributed by atoms with E-state index in [4.69, 9.17) is 4.52 Å². The third-order valence-electron chi connectivity index (χ3n) is 4.81. The van der Waals surface area contributed by atoms with E-state index in [2.05, 4.69) is 36.9 Å². The lowest BCUT2D eigenvalue weighted by Gasteiger charge is -2.31. The number of aryl methyl sites for hydroxylation is 1. The SMILES string of the molecule is Cc1cc(CN2CCC[C@@H](c3nnc(Cn4ccnc4)n3C)C2)on1. The molecule has 0 aliphatic carbocycles. The molecule has 1 saturated heterocycles. The van der Waals surface area contributed by atoms with E-state index in [0.29, 0.717) is 12.5 Å². The number of hydrogen-bond donors (Lipinski definition) is 0. The van der Waals surface area contributed by atoms with Crippen molar-refractivity contribution in [3.63, 3.8) is 0 Å². The summed E-state index contributed by atoms with van der Waals surface area (Å²) in [5.41, 5.74) is 0.931. The van der Waals surface area contributed by atoms with E-state index in [1.807, 2.05) is 23.8 Å². The van der Waals surface area contributed by atoms with Gasteiger partial charge in [0.25, 0.3) is 0 Å². The fourth-order valence-electron chi connectivity index (χ4n) is 3.53. The fourth-order valence-corrected chi connectivity index (χ4v) is 3.53. The van der Waals surface area contributed by atoms with Gasteiger partial charge in [0.1, 0.15) is 5.82 Å². The van der Waals surface area contributed by atoms with Crippen LogP contribution in [0.25, 0.3) is 0 Å². The highest BCUT2D eigenvalue weighted by atomic mass is 16.5. The summed E-state index contributed by atoms with van der Waals surface area (Å²) in [5, 5.41) is 12.9. The molecule has 0 bridgehead atoms. The average Bonchev–Trinajstić information content (AvgIpc) is 3.33. The zero-order valence-electron chi connectivity index (χ0n) is 14.7. The first-order chi connectivity index (χ1) is 12.2. The highest BCUT2D eigenvalue weighted by Crippen LogP contribution is 2.27. The van der Waals surface area contributed by atoms with Crippen LogP contribution in [0.4, 0.5) is 0 Å². The summed E-state index contributed by atoms with van der Waals surface area (Å²) in [7, 11) is 2.06. The number of hydrogen-bond acceptors (Lipinski definition) is 6. The molecule has 8 nitrogen and oxygen atoms in total. The van der Waals surface area contributed by atoms with Crippen molar-refractivity contribution >= 4 is 0 Å². The number of likely N-dealkylation sites (tertiary alicyclic amines) is 1. The van der Waals surface area contributed by atoms with E-state index in [-0.39, 0.29) is 0 Å². The molecule has 0 radical (unpaired) electrons. The summed E-state index contributed by atoms with van der Waals surface area (Å²) in [4.78, 5) is 6.50. The molecular weight excluding hydrogens is 318 g/mol. The monoisotopic (exact) mass is 341 g/mol. The van der Waals surface area contributed by atoms with Gasteiger partial charge in [0.05, 0.1) is 25.1 Å². The van der Waals surface area contributed by atoms with Crippen molar-refractivity contribution in [1.82, 2.24) is 34.4 Å². The van der Waals surface area contributed by atoms with E-state index < -0.39 is 0 Å². The lowest BCUT2D eigenvalue weighted by Crippen LogP contribution is -2.34. The number of aromatic nitrogens is 6. The molecule has 25 heavy (non-hydrogen) atoms. The first-order valence-corrected chi connectivity index (χ1v) is 8.67. The molecule has 0 amide bonds. The van der Waals surface area contributed by atoms with Gasteiger partial charge in [-0.3, -0.25) is 4.90 Å². The lowest BCUT2D eigenvalue weighted by atomic mass is 9.97. The van der Waals surface area contributed by atoms with E-state index >= 15 is 0 Å². The van der Waals surface area contributed by atoms with Gasteiger partial charge in [-0.1, -0.05) is 5.16 Å². The van der Waals surface area contributed by atoms with Crippen LogP contribution in [0.3, 0.4) is 0 Å². The third kappa shape index (κ3) is 3.48. The molecule has 4 rings (SSSR count). The first kappa shape index (κ1) is 16.0. The Morgan fingerprint density at radius 2 is 2.20 bits per heavy atom. The van der Waals surface area contributed by atoms with Crippen molar-refractivity contribution in [2.24, 2.45) is 7.05 Å². The van der Waals surface area contributed by atoms with Crippen molar-refractivity contribution in [1.29, 1.82) is 0 Å². The second-order valence-electron chi connectivity index (χ2n) is 6.78. The van der Waals surface area contributed by atoms with Crippen LogP contribution in [-0.2, 0) is 20.1 Å². The number of imidazole rings is 1. The predicted octanol–water partition coefficient (Wildman–Crippen LogP) is 1.74. The minimum absolute atomic E-state index is 0.395. The molecular formula is C17H23N7O. The molecule has 0 saturated carbocycles. The molecule has 0 N–H and O–H groups in total. The van der Waals surface area contributed by atoms with Gasteiger partial charge in [0.15, 0.2) is 11.6 Å². The standard InChI is InChI=1S/C17H23N7O/c1-13-8-15(25-21-13)10-23-6-3-4-14(9-23)17-20-19-16(22(17)2)11-24-7-5-18-12-24/h5,7-8,12,14H,3-4,6,9-11H2,1-2H3/t14-/m1/s1. The molecule has 8 heteroatoms. The Morgan fingerprint density at radius 3 is 2.96 bits per heavy atom. The van der Waals surface area contributed by atoms with Gasteiger partial charge in [0.2, 0.25) is 0 Å². The maximum Gasteiger partial charge on any atom is 0.152 e. The van der Waals surface area contributed by atoms with Crippen molar-refractivity contribution in [3.8, 4) is 0 Å². The fraction of sp³-hybridized carbons (Fsp3) is 0.529. The molecule has 3 aromatic rings. The summed E-state index contributed by atoms with van der Waals surface area (Å²) in [6, 6.07) is 2.01. The third-order valence-corrected chi connectivity index (χ3v) is 4.81. The van der Waals surface area contributed by atoms with Crippen molar-refractivity contribution in [3.05, 3.63) is 47.9 Å². The summed E-state index contributed by atoms with van der Waals surface area (Å²) >= 11 is 0. The molecule has 132 valence electrons. The first-order valence-electron chi connectivity index (χ1n) is 8.67. The Morgan fingerprint density at radius 1 is 1.28 bits per heavy atom. The summed E-state index contributed by atoms with van der Waals surface area (Å²) in [6.45, 7) is 5.49. The minimum atomic E-state index is 0.395. The van der Waals surface area contributed by atoms with E-state index in [1.54, 1.807) is 12.5 Å². The smallest absolute Gasteiger partial charge is 0.152 e. The van der Waals surface area contributed by atoms with Gasteiger partial charge < -0.3 is 13.7 Å². The number of rotatable bonds is 5. The van der Waals surface area contributed by atoms with Crippen molar-refractivity contribution in [2.45, 2.75) is 38.8 Å². The quantitative estimate of drug-likeness (QED) is 0.703. The summed E-state index contributed by atoms with van der Waals surface area (Å²) in [6.07, 6.45) is 7.82. The zero-order chi connectivity index (χ0) is 17.2. The Bertz CT molecular complexity index is 820. The largest absolute Gasteiger partial charge is 0.360 e. The maximum atomic E-state index is 5.36. The number of nitrogens with zero attached hydrogens (tertiary/aromatic N) is 7. The molecule has 4 heterocycles. The molecule has 0 spiro atoms. The van der Waals surface area contributed by atoms with Crippen molar-refractivity contribution < 1.29 is 4.52 Å². The normalized spacial score (nSPS) is 18.7. The van der Waals surface area contributed by atoms with Crippen LogP contribution < -0.4 is 0 Å². The second-order valence-corrected chi connectivity index (χ2v) is 6.78. The number of piperidine rings is 1. The van der Waals surface area contributed by atoms with Crippen LogP contribution in [0.2, 0.25) is 0 Å².